The molecule has 14 nitrogen and oxygen atoms in total. The monoisotopic (exact) mass is 563 g/mol. The Kier molecular flexibility index (Phi) is 7.62. The number of benzene rings is 1. The second-order valence-electron chi connectivity index (χ2n) is 9.30. The van der Waals surface area contributed by atoms with Crippen molar-refractivity contribution in [1.29, 1.82) is 0 Å². The van der Waals surface area contributed by atoms with E-state index in [1.807, 2.05) is 0 Å². The maximum atomic E-state index is 13.9. The van der Waals surface area contributed by atoms with E-state index >= 15 is 0 Å². The number of aromatic nitrogens is 3. The van der Waals surface area contributed by atoms with Gasteiger partial charge in [0, 0.05) is 20.1 Å². The van der Waals surface area contributed by atoms with Crippen LogP contribution < -0.4 is 15.3 Å². The number of rotatable bonds is 12. The molecular weight excluding hydrogens is 533 g/mol. The molecule has 2 fully saturated rings. The molecule has 0 amide bonds. The van der Waals surface area contributed by atoms with Crippen molar-refractivity contribution >= 4 is 25.1 Å². The molecule has 7 atom stereocenters. The fourth-order valence-corrected chi connectivity index (χ4v) is 6.24. The topological polar surface area (TPSA) is 189 Å². The lowest BCUT2D eigenvalue weighted by molar-refractivity contribution is -0.145. The highest BCUT2D eigenvalue weighted by atomic mass is 31.2. The van der Waals surface area contributed by atoms with Crippen LogP contribution in [-0.4, -0.2) is 81.1 Å². The van der Waals surface area contributed by atoms with E-state index in [1.165, 1.54) is 24.9 Å². The average molecular weight is 564 g/mol. The van der Waals surface area contributed by atoms with Gasteiger partial charge >= 0.3 is 13.7 Å². The van der Waals surface area contributed by atoms with E-state index in [-0.39, 0.29) is 18.2 Å². The van der Waals surface area contributed by atoms with Gasteiger partial charge in [0.05, 0.1) is 12.3 Å². The number of aliphatic hydroxyl groups is 2. The van der Waals surface area contributed by atoms with Gasteiger partial charge in [0.15, 0.2) is 11.4 Å². The number of para-hydroxylation sites is 1. The summed E-state index contributed by atoms with van der Waals surface area (Å²) in [6.07, 6.45) is -2.93. The predicted octanol–water partition coefficient (Wildman–Crippen LogP) is 0.987. The maximum Gasteiger partial charge on any atom is 0.459 e. The zero-order valence-corrected chi connectivity index (χ0v) is 22.1. The Labute approximate surface area is 223 Å². The molecule has 5 rings (SSSR count). The number of fused-ring (bicyclic) bond motifs is 2. The minimum Gasteiger partial charge on any atom is -0.464 e. The van der Waals surface area contributed by atoms with E-state index in [1.54, 1.807) is 42.5 Å². The van der Waals surface area contributed by atoms with Gasteiger partial charge in [-0.05, 0) is 31.2 Å². The molecule has 39 heavy (non-hydrogen) atoms. The van der Waals surface area contributed by atoms with Gasteiger partial charge in [0.2, 0.25) is 0 Å². The number of carbonyl (C=O) groups excluding carboxylic acids is 1. The van der Waals surface area contributed by atoms with Crippen LogP contribution >= 0.6 is 7.75 Å². The van der Waals surface area contributed by atoms with Crippen LogP contribution in [0.2, 0.25) is 0 Å². The summed E-state index contributed by atoms with van der Waals surface area (Å²) in [5.41, 5.74) is 4.94. The molecule has 0 bridgehead atoms. The third-order valence-electron chi connectivity index (χ3n) is 6.60. The summed E-state index contributed by atoms with van der Waals surface area (Å²) in [7, 11) is -2.77. The summed E-state index contributed by atoms with van der Waals surface area (Å²) in [5.74, 6) is -0.243. The van der Waals surface area contributed by atoms with Crippen LogP contribution in [0.5, 0.6) is 5.75 Å². The molecule has 0 radical (unpaired) electrons. The Hall–Kier alpha value is -3.10. The van der Waals surface area contributed by atoms with Crippen molar-refractivity contribution in [2.75, 3.05) is 26.1 Å². The van der Waals surface area contributed by atoms with Crippen LogP contribution in [0.25, 0.3) is 5.52 Å². The predicted molar refractivity (Wildman–Crippen MR) is 136 cm³/mol. The number of ether oxygens (including phenoxy) is 3. The van der Waals surface area contributed by atoms with E-state index in [0.717, 1.165) is 0 Å². The van der Waals surface area contributed by atoms with Crippen molar-refractivity contribution in [3.05, 3.63) is 54.5 Å². The average Bonchev–Trinajstić information content (AvgIpc) is 3.18. The molecule has 2 aromatic heterocycles. The first-order valence-corrected chi connectivity index (χ1v) is 13.8. The Morgan fingerprint density at radius 2 is 2.05 bits per heavy atom. The molecule has 3 aromatic rings. The summed E-state index contributed by atoms with van der Waals surface area (Å²) in [4.78, 5) is 16.4. The van der Waals surface area contributed by atoms with E-state index < -0.39 is 49.8 Å². The third-order valence-corrected chi connectivity index (χ3v) is 8.26. The molecule has 1 saturated carbocycles. The van der Waals surface area contributed by atoms with Crippen molar-refractivity contribution < 1.29 is 42.8 Å². The number of aliphatic hydroxyl groups excluding tert-OH is 1. The molecule has 210 valence electrons. The third kappa shape index (κ3) is 5.24. The fourth-order valence-electron chi connectivity index (χ4n) is 4.52. The number of esters is 1. The Bertz CT molecular complexity index is 1370. The van der Waals surface area contributed by atoms with Gasteiger partial charge in [0.1, 0.15) is 48.1 Å². The SMILES string of the molecule is COCCCOC(=O)[C@H](C)NP(=O)(Oc1ccccc1)OC1[C@H]2O[C@@H](c3ccc4c(N)ncnn34)[C@H](O)[C@@]12O. The summed E-state index contributed by atoms with van der Waals surface area (Å²) in [6, 6.07) is 10.4. The van der Waals surface area contributed by atoms with Crippen LogP contribution in [0.4, 0.5) is 5.82 Å². The van der Waals surface area contributed by atoms with Gasteiger partial charge in [0.25, 0.3) is 0 Å². The van der Waals surface area contributed by atoms with E-state index in [9.17, 15) is 19.6 Å². The molecule has 1 saturated heterocycles. The number of hydrogen-bond donors (Lipinski definition) is 4. The largest absolute Gasteiger partial charge is 0.464 e. The maximum absolute atomic E-state index is 13.9. The second-order valence-corrected chi connectivity index (χ2v) is 10.9. The highest BCUT2D eigenvalue weighted by Crippen LogP contribution is 2.61. The van der Waals surface area contributed by atoms with Crippen LogP contribution in [-0.2, 0) is 28.1 Å². The molecule has 1 aromatic carbocycles. The molecule has 15 heteroatoms. The fraction of sp³-hybridized carbons (Fsp3) is 0.458. The zero-order valence-electron chi connectivity index (χ0n) is 21.2. The number of nitrogens with one attached hydrogen (secondary N) is 1. The second kappa shape index (κ2) is 10.8. The van der Waals surface area contributed by atoms with Crippen LogP contribution in [0, 0.1) is 0 Å². The molecule has 1 aliphatic heterocycles. The van der Waals surface area contributed by atoms with Crippen LogP contribution in [0.15, 0.2) is 48.8 Å². The van der Waals surface area contributed by atoms with Gasteiger partial charge in [-0.15, -0.1) is 0 Å². The highest BCUT2D eigenvalue weighted by molar-refractivity contribution is 7.52. The zero-order chi connectivity index (χ0) is 27.8. The van der Waals surface area contributed by atoms with Crippen molar-refractivity contribution in [2.45, 2.75) is 49.4 Å². The number of methoxy groups -OCH3 is 1. The Morgan fingerprint density at radius 1 is 1.28 bits per heavy atom. The van der Waals surface area contributed by atoms with Crippen molar-refractivity contribution in [1.82, 2.24) is 19.7 Å². The van der Waals surface area contributed by atoms with Gasteiger partial charge in [-0.1, -0.05) is 18.2 Å². The lowest BCUT2D eigenvalue weighted by Crippen LogP contribution is -2.38. The molecule has 5 N–H and O–H groups in total. The van der Waals surface area contributed by atoms with E-state index in [4.69, 9.17) is 29.0 Å². The van der Waals surface area contributed by atoms with Crippen molar-refractivity contribution in [3.63, 3.8) is 0 Å². The summed E-state index contributed by atoms with van der Waals surface area (Å²) in [6.45, 7) is 1.97. The van der Waals surface area contributed by atoms with Gasteiger partial charge < -0.3 is 34.7 Å². The van der Waals surface area contributed by atoms with E-state index in [2.05, 4.69) is 15.2 Å². The van der Waals surface area contributed by atoms with Gasteiger partial charge in [-0.3, -0.25) is 9.32 Å². The quantitative estimate of drug-likeness (QED) is 0.139. The number of nitrogens with zero attached hydrogens (tertiary/aromatic N) is 3. The lowest BCUT2D eigenvalue weighted by Gasteiger charge is -2.26. The highest BCUT2D eigenvalue weighted by Gasteiger charge is 2.79. The smallest absolute Gasteiger partial charge is 0.459 e. The normalized spacial score (nSPS) is 28.0. The summed E-state index contributed by atoms with van der Waals surface area (Å²) < 4.78 is 42.7. The Balaban J connectivity index is 1.31. The first kappa shape index (κ1) is 27.5. The molecule has 1 aliphatic carbocycles. The van der Waals surface area contributed by atoms with Gasteiger partial charge in [-0.25, -0.2) is 14.1 Å². The molecular formula is C24H30N5O9P. The molecule has 2 aliphatic rings. The minimum absolute atomic E-state index is 0.111. The minimum atomic E-state index is -4.31. The van der Waals surface area contributed by atoms with Crippen LogP contribution in [0.1, 0.15) is 25.1 Å². The molecule has 3 heterocycles. The number of hydrogen-bond acceptors (Lipinski definition) is 12. The standard InChI is InChI=1S/C24H30N5O9P/c1-14(23(31)35-12-6-11-34-2)28-39(33,37-15-7-4-3-5-8-15)38-21-20-24(21,32)19(30)18(36-20)16-9-10-17-22(25)26-13-27-29(16)17/h3-5,7-10,13-14,18-21,30,32H,6,11-12H2,1-2H3,(H,28,33)(H2,25,26,27)/t14-,18-,19-,20+,21?,24-,39?/m0/s1. The number of carbonyl (C=O) groups is 1. The Morgan fingerprint density at radius 3 is 2.74 bits per heavy atom. The van der Waals surface area contributed by atoms with Crippen molar-refractivity contribution in [2.24, 2.45) is 0 Å². The first-order chi connectivity index (χ1) is 18.7. The van der Waals surface area contributed by atoms with Crippen molar-refractivity contribution in [3.8, 4) is 5.75 Å². The summed E-state index contributed by atoms with van der Waals surface area (Å²) >= 11 is 0. The summed E-state index contributed by atoms with van der Waals surface area (Å²) in [5, 5.41) is 29.0. The van der Waals surface area contributed by atoms with Gasteiger partial charge in [-0.2, -0.15) is 10.2 Å². The number of anilines is 1. The number of nitrogen functional groups attached to an aromatic ring is 1. The van der Waals surface area contributed by atoms with Crippen LogP contribution in [0.3, 0.4) is 0 Å². The van der Waals surface area contributed by atoms with E-state index in [0.29, 0.717) is 24.2 Å². The first-order valence-electron chi connectivity index (χ1n) is 12.3. The lowest BCUT2D eigenvalue weighted by atomic mass is 10.1. The molecule has 2 unspecified atom stereocenters. The number of nitrogens with two attached hydrogens (primary N) is 1. The molecule has 0 spiro atoms.